The van der Waals surface area contributed by atoms with Gasteiger partial charge in [0.25, 0.3) is 0 Å². The molecule has 0 saturated heterocycles. The number of hydrogen-bond donors (Lipinski definition) is 1. The first kappa shape index (κ1) is 17.9. The van der Waals surface area contributed by atoms with Gasteiger partial charge < -0.3 is 14.8 Å². The zero-order valence-corrected chi connectivity index (χ0v) is 14.9. The Bertz CT molecular complexity index is 764. The SMILES string of the molecule is COc1cc(/C=C/C(=O)Nc2cc(C)cc(C)c2)cc(Cl)c1OC. The van der Waals surface area contributed by atoms with Crippen molar-refractivity contribution < 1.29 is 14.3 Å². The van der Waals surface area contributed by atoms with Crippen LogP contribution in [0.4, 0.5) is 5.69 Å². The quantitative estimate of drug-likeness (QED) is 0.804. The number of halogens is 1. The fraction of sp³-hybridized carbons (Fsp3) is 0.211. The number of hydrogen-bond acceptors (Lipinski definition) is 3. The molecule has 1 N–H and O–H groups in total. The number of carbonyl (C=O) groups is 1. The normalized spacial score (nSPS) is 10.7. The van der Waals surface area contributed by atoms with Crippen molar-refractivity contribution in [1.29, 1.82) is 0 Å². The molecule has 1 amide bonds. The number of carbonyl (C=O) groups excluding carboxylic acids is 1. The van der Waals surface area contributed by atoms with Crippen molar-refractivity contribution in [1.82, 2.24) is 0 Å². The largest absolute Gasteiger partial charge is 0.493 e. The van der Waals surface area contributed by atoms with Crippen LogP contribution in [0.15, 0.2) is 36.4 Å². The molecule has 2 aromatic rings. The fourth-order valence-corrected chi connectivity index (χ4v) is 2.73. The lowest BCUT2D eigenvalue weighted by atomic mass is 10.1. The number of anilines is 1. The van der Waals surface area contributed by atoms with Gasteiger partial charge in [0.05, 0.1) is 19.2 Å². The number of benzene rings is 2. The Balaban J connectivity index is 2.15. The summed E-state index contributed by atoms with van der Waals surface area (Å²) in [6.45, 7) is 3.98. The summed E-state index contributed by atoms with van der Waals surface area (Å²) in [6.07, 6.45) is 3.13. The summed E-state index contributed by atoms with van der Waals surface area (Å²) in [7, 11) is 3.06. The monoisotopic (exact) mass is 345 g/mol. The van der Waals surface area contributed by atoms with Crippen molar-refractivity contribution in [2.24, 2.45) is 0 Å². The third-order valence-corrected chi connectivity index (χ3v) is 3.65. The highest BCUT2D eigenvalue weighted by Gasteiger charge is 2.10. The summed E-state index contributed by atoms with van der Waals surface area (Å²) in [5, 5.41) is 3.27. The van der Waals surface area contributed by atoms with Gasteiger partial charge in [0.2, 0.25) is 5.91 Å². The first-order chi connectivity index (χ1) is 11.4. The van der Waals surface area contributed by atoms with Crippen LogP contribution in [0.3, 0.4) is 0 Å². The highest BCUT2D eigenvalue weighted by molar-refractivity contribution is 6.32. The van der Waals surface area contributed by atoms with Crippen LogP contribution in [0.25, 0.3) is 6.08 Å². The minimum Gasteiger partial charge on any atom is -0.493 e. The van der Waals surface area contributed by atoms with Crippen molar-refractivity contribution in [3.8, 4) is 11.5 Å². The van der Waals surface area contributed by atoms with E-state index in [1.807, 2.05) is 26.0 Å². The number of rotatable bonds is 5. The van der Waals surface area contributed by atoms with E-state index in [0.29, 0.717) is 16.5 Å². The maximum atomic E-state index is 12.1. The molecule has 24 heavy (non-hydrogen) atoms. The molecular weight excluding hydrogens is 326 g/mol. The van der Waals surface area contributed by atoms with Crippen LogP contribution in [0.1, 0.15) is 16.7 Å². The molecule has 0 aliphatic heterocycles. The van der Waals surface area contributed by atoms with Crippen molar-refractivity contribution >= 4 is 29.3 Å². The third-order valence-electron chi connectivity index (χ3n) is 3.37. The summed E-state index contributed by atoms with van der Waals surface area (Å²) in [4.78, 5) is 12.1. The van der Waals surface area contributed by atoms with Crippen LogP contribution in [0.2, 0.25) is 5.02 Å². The van der Waals surface area contributed by atoms with Crippen LogP contribution >= 0.6 is 11.6 Å². The van der Waals surface area contributed by atoms with E-state index in [-0.39, 0.29) is 5.91 Å². The smallest absolute Gasteiger partial charge is 0.248 e. The zero-order chi connectivity index (χ0) is 17.7. The van der Waals surface area contributed by atoms with Gasteiger partial charge in [-0.2, -0.15) is 0 Å². The Labute approximate surface area is 147 Å². The van der Waals surface area contributed by atoms with E-state index in [1.165, 1.54) is 20.3 Å². The fourth-order valence-electron chi connectivity index (χ4n) is 2.44. The summed E-state index contributed by atoms with van der Waals surface area (Å²) < 4.78 is 10.4. The Morgan fingerprint density at radius 3 is 2.29 bits per heavy atom. The van der Waals surface area contributed by atoms with Crippen LogP contribution in [0.5, 0.6) is 11.5 Å². The summed E-state index contributed by atoms with van der Waals surface area (Å²) in [5.41, 5.74) is 3.71. The molecule has 2 rings (SSSR count). The molecule has 0 radical (unpaired) electrons. The Hall–Kier alpha value is -2.46. The van der Waals surface area contributed by atoms with Crippen LogP contribution in [-0.2, 0) is 4.79 Å². The highest BCUT2D eigenvalue weighted by atomic mass is 35.5. The van der Waals surface area contributed by atoms with E-state index in [2.05, 4.69) is 11.4 Å². The second-order valence-corrected chi connectivity index (χ2v) is 5.84. The number of aryl methyl sites for hydroxylation is 2. The standard InChI is InChI=1S/C19H20ClNO3/c1-12-7-13(2)9-15(8-12)21-18(22)6-5-14-10-16(20)19(24-4)17(11-14)23-3/h5-11H,1-4H3,(H,21,22)/b6-5+. The van der Waals surface area contributed by atoms with Crippen molar-refractivity contribution in [3.63, 3.8) is 0 Å². The predicted molar refractivity (Wildman–Crippen MR) is 98.1 cm³/mol. The molecule has 0 aliphatic carbocycles. The van der Waals surface area contributed by atoms with Crippen LogP contribution in [-0.4, -0.2) is 20.1 Å². The molecule has 0 unspecified atom stereocenters. The van der Waals surface area contributed by atoms with E-state index in [0.717, 1.165) is 22.4 Å². The molecule has 0 bridgehead atoms. The molecule has 2 aromatic carbocycles. The molecule has 0 spiro atoms. The second-order valence-electron chi connectivity index (χ2n) is 5.44. The van der Waals surface area contributed by atoms with Gasteiger partial charge in [0.15, 0.2) is 11.5 Å². The highest BCUT2D eigenvalue weighted by Crippen LogP contribution is 2.36. The Morgan fingerprint density at radius 1 is 1.04 bits per heavy atom. The lowest BCUT2D eigenvalue weighted by molar-refractivity contribution is -0.111. The zero-order valence-electron chi connectivity index (χ0n) is 14.1. The van der Waals surface area contributed by atoms with E-state index >= 15 is 0 Å². The van der Waals surface area contributed by atoms with Gasteiger partial charge in [-0.25, -0.2) is 0 Å². The summed E-state index contributed by atoms with van der Waals surface area (Å²) >= 11 is 6.15. The van der Waals surface area contributed by atoms with Crippen molar-refractivity contribution in [2.75, 3.05) is 19.5 Å². The van der Waals surface area contributed by atoms with Gasteiger partial charge in [-0.3, -0.25) is 4.79 Å². The topological polar surface area (TPSA) is 47.6 Å². The predicted octanol–water partition coefficient (Wildman–Crippen LogP) is 4.63. The number of ether oxygens (including phenoxy) is 2. The number of methoxy groups -OCH3 is 2. The van der Waals surface area contributed by atoms with Gasteiger partial charge in [-0.05, 0) is 60.9 Å². The molecule has 0 atom stereocenters. The first-order valence-corrected chi connectivity index (χ1v) is 7.79. The third kappa shape index (κ3) is 4.52. The molecule has 5 heteroatoms. The molecule has 0 saturated carbocycles. The van der Waals surface area contributed by atoms with E-state index in [4.69, 9.17) is 21.1 Å². The lowest BCUT2D eigenvalue weighted by Crippen LogP contribution is -2.08. The van der Waals surface area contributed by atoms with Gasteiger partial charge >= 0.3 is 0 Å². The average Bonchev–Trinajstić information content (AvgIpc) is 2.51. The molecule has 0 aliphatic rings. The Kier molecular flexibility index (Phi) is 5.88. The molecule has 126 valence electrons. The molecule has 0 heterocycles. The lowest BCUT2D eigenvalue weighted by Gasteiger charge is -2.10. The van der Waals surface area contributed by atoms with Crippen LogP contribution < -0.4 is 14.8 Å². The van der Waals surface area contributed by atoms with Crippen LogP contribution in [0, 0.1) is 13.8 Å². The molecule has 0 fully saturated rings. The van der Waals surface area contributed by atoms with E-state index in [9.17, 15) is 4.79 Å². The summed E-state index contributed by atoms with van der Waals surface area (Å²) in [6, 6.07) is 9.37. The second kappa shape index (κ2) is 7.88. The maximum Gasteiger partial charge on any atom is 0.248 e. The maximum absolute atomic E-state index is 12.1. The average molecular weight is 346 g/mol. The Morgan fingerprint density at radius 2 is 1.71 bits per heavy atom. The number of nitrogens with one attached hydrogen (secondary N) is 1. The van der Waals surface area contributed by atoms with E-state index in [1.54, 1.807) is 18.2 Å². The molecule has 4 nitrogen and oxygen atoms in total. The van der Waals surface area contributed by atoms with Gasteiger partial charge in [0, 0.05) is 11.8 Å². The van der Waals surface area contributed by atoms with Gasteiger partial charge in [-0.1, -0.05) is 17.7 Å². The summed E-state index contributed by atoms with van der Waals surface area (Å²) in [5.74, 6) is 0.765. The molecular formula is C19H20ClNO3. The first-order valence-electron chi connectivity index (χ1n) is 7.42. The van der Waals surface area contributed by atoms with Gasteiger partial charge in [-0.15, -0.1) is 0 Å². The van der Waals surface area contributed by atoms with Crippen molar-refractivity contribution in [2.45, 2.75) is 13.8 Å². The minimum absolute atomic E-state index is 0.217. The number of amides is 1. The minimum atomic E-state index is -0.217. The molecule has 0 aromatic heterocycles. The van der Waals surface area contributed by atoms with Crippen molar-refractivity contribution in [3.05, 3.63) is 58.1 Å². The van der Waals surface area contributed by atoms with E-state index < -0.39 is 0 Å². The van der Waals surface area contributed by atoms with Gasteiger partial charge in [0.1, 0.15) is 0 Å².